The summed E-state index contributed by atoms with van der Waals surface area (Å²) in [6, 6.07) is 5.12. The molecule has 1 rings (SSSR count). The molecular formula is C8H5F3NO. The van der Waals surface area contributed by atoms with E-state index in [0.717, 1.165) is 6.07 Å². The minimum Gasteiger partial charge on any atom is -0.366 e. The van der Waals surface area contributed by atoms with E-state index in [4.69, 9.17) is 5.73 Å². The van der Waals surface area contributed by atoms with Crippen molar-refractivity contribution in [1.82, 2.24) is 0 Å². The van der Waals surface area contributed by atoms with Crippen LogP contribution in [0, 0.1) is 6.07 Å². The Kier molecular flexibility index (Phi) is 2.27. The Morgan fingerprint density at radius 2 is 2.08 bits per heavy atom. The van der Waals surface area contributed by atoms with Gasteiger partial charge in [-0.15, -0.1) is 0 Å². The molecule has 0 bridgehead atoms. The largest absolute Gasteiger partial charge is 0.417 e. The van der Waals surface area contributed by atoms with Gasteiger partial charge in [-0.2, -0.15) is 13.2 Å². The zero-order valence-corrected chi connectivity index (χ0v) is 6.35. The Labute approximate surface area is 72.2 Å². The highest BCUT2D eigenvalue weighted by Gasteiger charge is 2.34. The van der Waals surface area contributed by atoms with Gasteiger partial charge in [0.15, 0.2) is 0 Å². The molecule has 0 aliphatic heterocycles. The number of nitrogens with two attached hydrogens (primary N) is 1. The van der Waals surface area contributed by atoms with Crippen LogP contribution in [0.2, 0.25) is 0 Å². The molecule has 1 amide bonds. The molecule has 0 atom stereocenters. The first-order valence-corrected chi connectivity index (χ1v) is 3.30. The normalized spacial score (nSPS) is 11.3. The van der Waals surface area contributed by atoms with Crippen molar-refractivity contribution in [3.63, 3.8) is 0 Å². The highest BCUT2D eigenvalue weighted by Crippen LogP contribution is 2.31. The Balaban J connectivity index is 3.28. The monoisotopic (exact) mass is 188 g/mol. The fourth-order valence-corrected chi connectivity index (χ4v) is 0.880. The van der Waals surface area contributed by atoms with E-state index in [0.29, 0.717) is 6.07 Å². The number of primary amides is 1. The maximum atomic E-state index is 12.2. The van der Waals surface area contributed by atoms with Crippen LogP contribution in [0.4, 0.5) is 13.2 Å². The summed E-state index contributed by atoms with van der Waals surface area (Å²) in [7, 11) is 0. The standard InChI is InChI=1S/C8H5F3NO/c9-8(10,11)6-4-2-1-3-5(6)7(12)13/h1,3-4H,(H2,12,13). The van der Waals surface area contributed by atoms with Gasteiger partial charge in [0, 0.05) is 0 Å². The number of benzene rings is 1. The first-order chi connectivity index (χ1) is 5.93. The molecule has 1 aromatic rings. The Morgan fingerprint density at radius 1 is 1.46 bits per heavy atom. The van der Waals surface area contributed by atoms with Crippen LogP contribution in [-0.2, 0) is 6.18 Å². The lowest BCUT2D eigenvalue weighted by Gasteiger charge is -2.09. The second-order valence-corrected chi connectivity index (χ2v) is 2.33. The number of hydrogen-bond acceptors (Lipinski definition) is 1. The van der Waals surface area contributed by atoms with Gasteiger partial charge in [0.1, 0.15) is 0 Å². The van der Waals surface area contributed by atoms with Crippen LogP contribution in [0.1, 0.15) is 15.9 Å². The lowest BCUT2D eigenvalue weighted by Crippen LogP contribution is -2.18. The van der Waals surface area contributed by atoms with E-state index >= 15 is 0 Å². The summed E-state index contributed by atoms with van der Waals surface area (Å²) in [5.74, 6) is -1.10. The molecule has 5 heteroatoms. The molecule has 0 aliphatic rings. The van der Waals surface area contributed by atoms with E-state index in [-0.39, 0.29) is 0 Å². The van der Waals surface area contributed by atoms with Gasteiger partial charge in [0.05, 0.1) is 11.1 Å². The van der Waals surface area contributed by atoms with Crippen LogP contribution >= 0.6 is 0 Å². The van der Waals surface area contributed by atoms with Gasteiger partial charge in [0.25, 0.3) is 0 Å². The highest BCUT2D eigenvalue weighted by molar-refractivity contribution is 5.94. The molecule has 2 N–H and O–H groups in total. The molecule has 0 saturated heterocycles. The molecule has 0 fully saturated rings. The van der Waals surface area contributed by atoms with E-state index < -0.39 is 23.2 Å². The average molecular weight is 188 g/mol. The summed E-state index contributed by atoms with van der Waals surface area (Å²) < 4.78 is 36.5. The molecule has 1 aromatic carbocycles. The number of rotatable bonds is 1. The average Bonchev–Trinajstić information content (AvgIpc) is 2.03. The van der Waals surface area contributed by atoms with Gasteiger partial charge in [-0.1, -0.05) is 6.07 Å². The second-order valence-electron chi connectivity index (χ2n) is 2.33. The topological polar surface area (TPSA) is 43.1 Å². The molecule has 2 nitrogen and oxygen atoms in total. The maximum absolute atomic E-state index is 12.2. The third-order valence-electron chi connectivity index (χ3n) is 1.43. The van der Waals surface area contributed by atoms with E-state index in [1.165, 1.54) is 6.07 Å². The van der Waals surface area contributed by atoms with Crippen LogP contribution in [0.5, 0.6) is 0 Å². The van der Waals surface area contributed by atoms with Crippen LogP contribution in [0.15, 0.2) is 18.2 Å². The fourth-order valence-electron chi connectivity index (χ4n) is 0.880. The van der Waals surface area contributed by atoms with Gasteiger partial charge >= 0.3 is 6.18 Å². The van der Waals surface area contributed by atoms with E-state index in [1.54, 1.807) is 0 Å². The van der Waals surface area contributed by atoms with Crippen LogP contribution in [0.3, 0.4) is 0 Å². The quantitative estimate of drug-likeness (QED) is 0.714. The van der Waals surface area contributed by atoms with Crippen molar-refractivity contribution in [2.45, 2.75) is 6.18 Å². The Hall–Kier alpha value is -1.52. The van der Waals surface area contributed by atoms with E-state index in [2.05, 4.69) is 6.07 Å². The summed E-state index contributed by atoms with van der Waals surface area (Å²) >= 11 is 0. The molecule has 0 heterocycles. The Bertz CT molecular complexity index is 332. The molecule has 69 valence electrons. The third-order valence-corrected chi connectivity index (χ3v) is 1.43. The van der Waals surface area contributed by atoms with Gasteiger partial charge in [-0.3, -0.25) is 4.79 Å². The zero-order valence-electron chi connectivity index (χ0n) is 6.35. The van der Waals surface area contributed by atoms with Crippen LogP contribution in [0.25, 0.3) is 0 Å². The van der Waals surface area contributed by atoms with Gasteiger partial charge in [-0.25, -0.2) is 0 Å². The maximum Gasteiger partial charge on any atom is 0.417 e. The lowest BCUT2D eigenvalue weighted by atomic mass is 10.1. The minimum absolute atomic E-state index is 0.536. The number of carbonyl (C=O) groups is 1. The number of halogens is 3. The van der Waals surface area contributed by atoms with Crippen molar-refractivity contribution in [2.24, 2.45) is 5.73 Å². The van der Waals surface area contributed by atoms with E-state index in [9.17, 15) is 18.0 Å². The number of hydrogen-bond donors (Lipinski definition) is 1. The zero-order chi connectivity index (χ0) is 10.1. The van der Waals surface area contributed by atoms with Crippen molar-refractivity contribution >= 4 is 5.91 Å². The van der Waals surface area contributed by atoms with Gasteiger partial charge < -0.3 is 5.73 Å². The molecule has 0 saturated carbocycles. The minimum atomic E-state index is -4.57. The number of carbonyl (C=O) groups excluding carboxylic acids is 1. The molecule has 0 aromatic heterocycles. The summed E-state index contributed by atoms with van der Waals surface area (Å²) in [5.41, 5.74) is 3.17. The summed E-state index contributed by atoms with van der Waals surface area (Å²) in [5, 5.41) is 0. The van der Waals surface area contributed by atoms with Crippen molar-refractivity contribution in [1.29, 1.82) is 0 Å². The smallest absolute Gasteiger partial charge is 0.366 e. The van der Waals surface area contributed by atoms with Crippen molar-refractivity contribution in [3.05, 3.63) is 35.4 Å². The third kappa shape index (κ3) is 1.99. The molecule has 0 unspecified atom stereocenters. The highest BCUT2D eigenvalue weighted by atomic mass is 19.4. The summed E-state index contributed by atoms with van der Waals surface area (Å²) in [6.07, 6.45) is -4.57. The summed E-state index contributed by atoms with van der Waals surface area (Å²) in [4.78, 5) is 10.6. The first-order valence-electron chi connectivity index (χ1n) is 3.30. The molecular weight excluding hydrogens is 183 g/mol. The first kappa shape index (κ1) is 9.57. The van der Waals surface area contributed by atoms with Crippen molar-refractivity contribution in [2.75, 3.05) is 0 Å². The second kappa shape index (κ2) is 3.08. The molecule has 0 spiro atoms. The predicted molar refractivity (Wildman–Crippen MR) is 38.8 cm³/mol. The summed E-state index contributed by atoms with van der Waals surface area (Å²) in [6.45, 7) is 0. The fraction of sp³-hybridized carbons (Fsp3) is 0.125. The van der Waals surface area contributed by atoms with Crippen LogP contribution < -0.4 is 5.73 Å². The van der Waals surface area contributed by atoms with Crippen molar-refractivity contribution < 1.29 is 18.0 Å². The predicted octanol–water partition coefficient (Wildman–Crippen LogP) is 1.60. The van der Waals surface area contributed by atoms with E-state index in [1.807, 2.05) is 0 Å². The molecule has 1 radical (unpaired) electrons. The molecule has 13 heavy (non-hydrogen) atoms. The van der Waals surface area contributed by atoms with Gasteiger partial charge in [0.2, 0.25) is 5.91 Å². The lowest BCUT2D eigenvalue weighted by molar-refractivity contribution is -0.137. The SMILES string of the molecule is NC(=O)c1cc[c]cc1C(F)(F)F. The molecule has 0 aliphatic carbocycles. The van der Waals surface area contributed by atoms with Gasteiger partial charge in [-0.05, 0) is 18.2 Å². The Morgan fingerprint density at radius 3 is 2.46 bits per heavy atom. The van der Waals surface area contributed by atoms with Crippen molar-refractivity contribution in [3.8, 4) is 0 Å². The number of amides is 1. The van der Waals surface area contributed by atoms with Crippen LogP contribution in [-0.4, -0.2) is 5.91 Å². The number of alkyl halides is 3.